The molecule has 0 N–H and O–H groups in total. The first kappa shape index (κ1) is 9.93. The van der Waals surface area contributed by atoms with Gasteiger partial charge >= 0.3 is 0 Å². The van der Waals surface area contributed by atoms with Crippen LogP contribution in [0.1, 0.15) is 16.2 Å². The summed E-state index contributed by atoms with van der Waals surface area (Å²) in [4.78, 5) is 10.8. The van der Waals surface area contributed by atoms with Gasteiger partial charge in [0, 0.05) is 5.02 Å². The third-order valence-electron chi connectivity index (χ3n) is 2.03. The predicted molar refractivity (Wildman–Crippen MR) is 58.7 cm³/mol. The monoisotopic (exact) mass is 220 g/mol. The van der Waals surface area contributed by atoms with Gasteiger partial charge in [0.1, 0.15) is 5.69 Å². The Labute approximate surface area is 92.3 Å². The third kappa shape index (κ3) is 1.92. The average Bonchev–Trinajstić information content (AvgIpc) is 2.59. The smallest absolute Gasteiger partial charge is 0.168 e. The third-order valence-corrected chi connectivity index (χ3v) is 2.27. The molecule has 0 spiro atoms. The van der Waals surface area contributed by atoms with Crippen LogP contribution in [0.15, 0.2) is 30.3 Å². The first-order valence-electron chi connectivity index (χ1n) is 4.48. The number of aldehydes is 1. The Morgan fingerprint density at radius 1 is 1.40 bits per heavy atom. The molecule has 0 unspecified atom stereocenters. The van der Waals surface area contributed by atoms with Crippen molar-refractivity contribution in [3.05, 3.63) is 46.7 Å². The van der Waals surface area contributed by atoms with Gasteiger partial charge in [0.05, 0.1) is 11.4 Å². The van der Waals surface area contributed by atoms with E-state index in [1.54, 1.807) is 22.9 Å². The molecular weight excluding hydrogens is 212 g/mol. The topological polar surface area (TPSA) is 34.9 Å². The fraction of sp³-hybridized carbons (Fsp3) is 0.0909. The van der Waals surface area contributed by atoms with E-state index in [1.807, 2.05) is 19.1 Å². The van der Waals surface area contributed by atoms with Gasteiger partial charge in [-0.1, -0.05) is 17.7 Å². The minimum Gasteiger partial charge on any atom is -0.296 e. The van der Waals surface area contributed by atoms with E-state index in [0.717, 1.165) is 17.7 Å². The second kappa shape index (κ2) is 3.87. The minimum absolute atomic E-state index is 0.523. The molecule has 1 aromatic carbocycles. The first-order chi connectivity index (χ1) is 7.20. The van der Waals surface area contributed by atoms with Crippen molar-refractivity contribution in [1.82, 2.24) is 9.78 Å². The summed E-state index contributed by atoms with van der Waals surface area (Å²) >= 11 is 5.87. The lowest BCUT2D eigenvalue weighted by molar-refractivity contribution is 0.111. The highest BCUT2D eigenvalue weighted by Gasteiger charge is 2.06. The maximum Gasteiger partial charge on any atom is 0.168 e. The van der Waals surface area contributed by atoms with E-state index >= 15 is 0 Å². The van der Waals surface area contributed by atoms with Crippen molar-refractivity contribution < 1.29 is 4.79 Å². The van der Waals surface area contributed by atoms with Gasteiger partial charge in [-0.25, -0.2) is 4.68 Å². The number of hydrogen-bond acceptors (Lipinski definition) is 2. The van der Waals surface area contributed by atoms with Crippen LogP contribution in [0.3, 0.4) is 0 Å². The summed E-state index contributed by atoms with van der Waals surface area (Å²) in [5.41, 5.74) is 2.12. The summed E-state index contributed by atoms with van der Waals surface area (Å²) in [6.07, 6.45) is 0.779. The standard InChI is InChI=1S/C11H9ClN2O/c1-8-5-11(7-15)14(13-8)10-4-2-3-9(12)6-10/h2-7H,1H3. The summed E-state index contributed by atoms with van der Waals surface area (Å²) in [6, 6.07) is 8.95. The maximum absolute atomic E-state index is 10.8. The molecule has 0 bridgehead atoms. The Balaban J connectivity index is 2.57. The van der Waals surface area contributed by atoms with Crippen LogP contribution in [-0.4, -0.2) is 16.1 Å². The number of nitrogens with zero attached hydrogens (tertiary/aromatic N) is 2. The van der Waals surface area contributed by atoms with Crippen LogP contribution >= 0.6 is 11.6 Å². The second-order valence-electron chi connectivity index (χ2n) is 3.22. The lowest BCUT2D eigenvalue weighted by Crippen LogP contribution is -2.00. The zero-order valence-electron chi connectivity index (χ0n) is 8.14. The van der Waals surface area contributed by atoms with E-state index in [4.69, 9.17) is 11.6 Å². The van der Waals surface area contributed by atoms with E-state index < -0.39 is 0 Å². The molecule has 0 fully saturated rings. The Kier molecular flexibility index (Phi) is 2.56. The van der Waals surface area contributed by atoms with Crippen molar-refractivity contribution in [2.45, 2.75) is 6.92 Å². The molecule has 2 aromatic rings. The largest absolute Gasteiger partial charge is 0.296 e. The number of rotatable bonds is 2. The number of halogens is 1. The molecule has 1 aromatic heterocycles. The molecule has 0 radical (unpaired) electrons. The van der Waals surface area contributed by atoms with Crippen LogP contribution in [0.5, 0.6) is 0 Å². The Bertz CT molecular complexity index is 505. The lowest BCUT2D eigenvalue weighted by Gasteiger charge is -2.03. The van der Waals surface area contributed by atoms with Crippen LogP contribution in [0.2, 0.25) is 5.02 Å². The zero-order chi connectivity index (χ0) is 10.8. The Morgan fingerprint density at radius 2 is 2.20 bits per heavy atom. The van der Waals surface area contributed by atoms with Crippen LogP contribution < -0.4 is 0 Å². The van der Waals surface area contributed by atoms with Crippen LogP contribution in [0.25, 0.3) is 5.69 Å². The molecule has 0 amide bonds. The molecule has 0 aliphatic rings. The van der Waals surface area contributed by atoms with Crippen molar-refractivity contribution in [2.24, 2.45) is 0 Å². The van der Waals surface area contributed by atoms with Gasteiger partial charge in [0.25, 0.3) is 0 Å². The number of hydrogen-bond donors (Lipinski definition) is 0. The molecule has 0 saturated heterocycles. The highest BCUT2D eigenvalue weighted by Crippen LogP contribution is 2.16. The van der Waals surface area contributed by atoms with E-state index in [1.165, 1.54) is 0 Å². The molecular formula is C11H9ClN2O. The first-order valence-corrected chi connectivity index (χ1v) is 4.86. The van der Waals surface area contributed by atoms with Crippen LogP contribution in [0.4, 0.5) is 0 Å². The summed E-state index contributed by atoms with van der Waals surface area (Å²) in [7, 11) is 0. The van der Waals surface area contributed by atoms with Crippen molar-refractivity contribution in [3.8, 4) is 5.69 Å². The Hall–Kier alpha value is -1.61. The highest BCUT2D eigenvalue weighted by atomic mass is 35.5. The second-order valence-corrected chi connectivity index (χ2v) is 3.66. The number of carbonyl (C=O) groups excluding carboxylic acids is 1. The van der Waals surface area contributed by atoms with Crippen molar-refractivity contribution in [2.75, 3.05) is 0 Å². The molecule has 1 heterocycles. The number of aryl methyl sites for hydroxylation is 1. The summed E-state index contributed by atoms with van der Waals surface area (Å²) in [5, 5.41) is 4.84. The highest BCUT2D eigenvalue weighted by molar-refractivity contribution is 6.30. The zero-order valence-corrected chi connectivity index (χ0v) is 8.90. The fourth-order valence-corrected chi connectivity index (χ4v) is 1.60. The number of carbonyl (C=O) groups is 1. The van der Waals surface area contributed by atoms with E-state index in [2.05, 4.69) is 5.10 Å². The van der Waals surface area contributed by atoms with Gasteiger partial charge in [-0.3, -0.25) is 4.79 Å². The maximum atomic E-state index is 10.8. The van der Waals surface area contributed by atoms with E-state index in [9.17, 15) is 4.79 Å². The van der Waals surface area contributed by atoms with Gasteiger partial charge in [-0.15, -0.1) is 0 Å². The summed E-state index contributed by atoms with van der Waals surface area (Å²) in [5.74, 6) is 0. The predicted octanol–water partition coefficient (Wildman–Crippen LogP) is 2.65. The average molecular weight is 221 g/mol. The Morgan fingerprint density at radius 3 is 2.87 bits per heavy atom. The van der Waals surface area contributed by atoms with E-state index in [0.29, 0.717) is 10.7 Å². The molecule has 2 rings (SSSR count). The van der Waals surface area contributed by atoms with Crippen LogP contribution in [0, 0.1) is 6.92 Å². The van der Waals surface area contributed by atoms with Gasteiger partial charge in [-0.05, 0) is 31.2 Å². The molecule has 0 saturated carbocycles. The number of aromatic nitrogens is 2. The van der Waals surface area contributed by atoms with Crippen LogP contribution in [-0.2, 0) is 0 Å². The molecule has 15 heavy (non-hydrogen) atoms. The van der Waals surface area contributed by atoms with Gasteiger partial charge in [-0.2, -0.15) is 5.10 Å². The van der Waals surface area contributed by atoms with Gasteiger partial charge in [0.2, 0.25) is 0 Å². The summed E-state index contributed by atoms with van der Waals surface area (Å²) in [6.45, 7) is 1.84. The van der Waals surface area contributed by atoms with Crippen molar-refractivity contribution in [3.63, 3.8) is 0 Å². The minimum atomic E-state index is 0.523. The van der Waals surface area contributed by atoms with E-state index in [-0.39, 0.29) is 0 Å². The van der Waals surface area contributed by atoms with Gasteiger partial charge < -0.3 is 0 Å². The summed E-state index contributed by atoms with van der Waals surface area (Å²) < 4.78 is 1.58. The fourth-order valence-electron chi connectivity index (χ4n) is 1.42. The lowest BCUT2D eigenvalue weighted by atomic mass is 10.3. The van der Waals surface area contributed by atoms with Crippen molar-refractivity contribution >= 4 is 17.9 Å². The molecule has 0 atom stereocenters. The molecule has 0 aliphatic carbocycles. The molecule has 4 heteroatoms. The van der Waals surface area contributed by atoms with Crippen molar-refractivity contribution in [1.29, 1.82) is 0 Å². The van der Waals surface area contributed by atoms with Gasteiger partial charge in [0.15, 0.2) is 6.29 Å². The SMILES string of the molecule is Cc1cc(C=O)n(-c2cccc(Cl)c2)n1. The normalized spacial score (nSPS) is 10.3. The number of benzene rings is 1. The quantitative estimate of drug-likeness (QED) is 0.730. The molecule has 3 nitrogen and oxygen atoms in total. The molecule has 76 valence electrons. The molecule has 0 aliphatic heterocycles.